The predicted molar refractivity (Wildman–Crippen MR) is 158 cm³/mol. The van der Waals surface area contributed by atoms with Crippen molar-refractivity contribution in [1.82, 2.24) is 4.90 Å². The molecule has 2 amide bonds. The molecule has 3 aliphatic rings. The van der Waals surface area contributed by atoms with E-state index in [1.54, 1.807) is 71.8 Å². The van der Waals surface area contributed by atoms with Gasteiger partial charge in [0.15, 0.2) is 11.6 Å². The van der Waals surface area contributed by atoms with Gasteiger partial charge in [-0.25, -0.2) is 4.90 Å². The SMILES string of the molecule is COc1ccc(C(=O)[C@H]2[C@@H]3C(=O)N(c4ccc(Cl)cc4Cl)C(=O)[C@@H]3[C@H]3C=C(C(=O)c4ccccc4)C=CN32)cc1Br. The van der Waals surface area contributed by atoms with E-state index in [2.05, 4.69) is 15.9 Å². The summed E-state index contributed by atoms with van der Waals surface area (Å²) in [6, 6.07) is 16.5. The summed E-state index contributed by atoms with van der Waals surface area (Å²) in [5.74, 6) is -2.99. The monoisotopic (exact) mass is 650 g/mol. The van der Waals surface area contributed by atoms with Crippen LogP contribution in [0.15, 0.2) is 95.1 Å². The van der Waals surface area contributed by atoms with E-state index in [9.17, 15) is 19.2 Å². The highest BCUT2D eigenvalue weighted by Crippen LogP contribution is 2.48. The zero-order valence-electron chi connectivity index (χ0n) is 21.5. The average molecular weight is 652 g/mol. The lowest BCUT2D eigenvalue weighted by atomic mass is 9.85. The lowest BCUT2D eigenvalue weighted by molar-refractivity contribution is -0.123. The Kier molecular flexibility index (Phi) is 7.09. The van der Waals surface area contributed by atoms with E-state index in [0.717, 1.165) is 4.90 Å². The number of hydrogen-bond acceptors (Lipinski definition) is 6. The third kappa shape index (κ3) is 4.51. The Balaban J connectivity index is 1.45. The molecule has 0 bridgehead atoms. The number of methoxy groups -OCH3 is 1. The van der Waals surface area contributed by atoms with Gasteiger partial charge in [-0.1, -0.05) is 59.6 Å². The molecule has 0 unspecified atom stereocenters. The number of halogens is 3. The fraction of sp³-hybridized carbons (Fsp3) is 0.161. The summed E-state index contributed by atoms with van der Waals surface area (Å²) in [6.07, 6.45) is 4.95. The lowest BCUT2D eigenvalue weighted by Gasteiger charge is -2.33. The van der Waals surface area contributed by atoms with Crippen LogP contribution in [-0.4, -0.2) is 47.5 Å². The van der Waals surface area contributed by atoms with Gasteiger partial charge in [-0.2, -0.15) is 0 Å². The highest BCUT2D eigenvalue weighted by Gasteiger charge is 2.63. The maximum Gasteiger partial charge on any atom is 0.240 e. The molecule has 4 atom stereocenters. The summed E-state index contributed by atoms with van der Waals surface area (Å²) in [6.45, 7) is 0. The van der Waals surface area contributed by atoms with Gasteiger partial charge in [0.1, 0.15) is 11.8 Å². The standard InChI is InChI=1S/C31H21BrCl2N2O5/c1-41-24-10-7-17(13-20(24)32)29(38)27-26-25(30(39)36(31(26)40)22-9-8-19(33)15-21(22)34)23-14-18(11-12-35(23)27)28(37)16-5-3-2-4-6-16/h2-15,23,25-27H,1H3/t23-,25-,26-,27-/m1/s1. The van der Waals surface area contributed by atoms with Crippen LogP contribution in [0.5, 0.6) is 5.75 Å². The largest absolute Gasteiger partial charge is 0.496 e. The normalized spacial score (nSPS) is 22.9. The molecule has 0 aliphatic carbocycles. The number of rotatable bonds is 6. The number of carbonyl (C=O) groups excluding carboxylic acids is 4. The number of Topliss-reactive ketones (excluding diaryl/α,β-unsaturated/α-hetero) is 2. The molecule has 10 heteroatoms. The molecular weight excluding hydrogens is 631 g/mol. The second-order valence-corrected chi connectivity index (χ2v) is 11.6. The second kappa shape index (κ2) is 10.6. The van der Waals surface area contributed by atoms with Crippen molar-refractivity contribution >= 4 is 68.2 Å². The van der Waals surface area contributed by atoms with Crippen LogP contribution in [0.25, 0.3) is 0 Å². The van der Waals surface area contributed by atoms with Crippen LogP contribution < -0.4 is 9.64 Å². The van der Waals surface area contributed by atoms with Crippen LogP contribution >= 0.6 is 39.1 Å². The molecule has 0 N–H and O–H groups in total. The number of ketones is 2. The van der Waals surface area contributed by atoms with E-state index in [0.29, 0.717) is 31.9 Å². The Hall–Kier alpha value is -3.72. The molecule has 3 aliphatic heterocycles. The fourth-order valence-electron chi connectivity index (χ4n) is 5.84. The van der Waals surface area contributed by atoms with E-state index >= 15 is 0 Å². The van der Waals surface area contributed by atoms with Gasteiger partial charge in [0.05, 0.1) is 40.2 Å². The van der Waals surface area contributed by atoms with E-state index in [-0.39, 0.29) is 22.3 Å². The third-order valence-electron chi connectivity index (χ3n) is 7.70. The summed E-state index contributed by atoms with van der Waals surface area (Å²) in [5, 5.41) is 0.490. The quantitative estimate of drug-likeness (QED) is 0.235. The Morgan fingerprint density at radius 3 is 2.32 bits per heavy atom. The molecule has 41 heavy (non-hydrogen) atoms. The van der Waals surface area contributed by atoms with Crippen molar-refractivity contribution in [1.29, 1.82) is 0 Å². The minimum absolute atomic E-state index is 0.136. The molecular formula is C31H21BrCl2N2O5. The number of amides is 2. The van der Waals surface area contributed by atoms with E-state index < -0.39 is 35.7 Å². The van der Waals surface area contributed by atoms with Crippen LogP contribution in [0.1, 0.15) is 20.7 Å². The molecule has 3 aromatic carbocycles. The van der Waals surface area contributed by atoms with Crippen molar-refractivity contribution in [3.8, 4) is 5.75 Å². The Bertz CT molecular complexity index is 1690. The van der Waals surface area contributed by atoms with Gasteiger partial charge in [0, 0.05) is 27.9 Å². The molecule has 2 fully saturated rings. The summed E-state index contributed by atoms with van der Waals surface area (Å²) < 4.78 is 5.87. The van der Waals surface area contributed by atoms with Crippen molar-refractivity contribution in [2.45, 2.75) is 12.1 Å². The van der Waals surface area contributed by atoms with Crippen LogP contribution in [0, 0.1) is 11.8 Å². The van der Waals surface area contributed by atoms with Crippen LogP contribution in [-0.2, 0) is 9.59 Å². The van der Waals surface area contributed by atoms with Gasteiger partial charge in [0.2, 0.25) is 11.8 Å². The summed E-state index contributed by atoms with van der Waals surface area (Å²) in [5.41, 5.74) is 1.40. The Morgan fingerprint density at radius 1 is 0.902 bits per heavy atom. The number of anilines is 1. The molecule has 0 saturated carbocycles. The summed E-state index contributed by atoms with van der Waals surface area (Å²) in [7, 11) is 1.52. The number of nitrogens with zero attached hydrogens (tertiary/aromatic N) is 2. The smallest absolute Gasteiger partial charge is 0.240 e. The molecule has 3 heterocycles. The van der Waals surface area contributed by atoms with Crippen LogP contribution in [0.2, 0.25) is 10.0 Å². The zero-order valence-corrected chi connectivity index (χ0v) is 24.6. The van der Waals surface area contributed by atoms with E-state index in [1.165, 1.54) is 19.2 Å². The summed E-state index contributed by atoms with van der Waals surface area (Å²) >= 11 is 15.9. The van der Waals surface area contributed by atoms with E-state index in [1.807, 2.05) is 6.07 Å². The minimum atomic E-state index is -1.01. The summed E-state index contributed by atoms with van der Waals surface area (Å²) in [4.78, 5) is 58.2. The second-order valence-electron chi connectivity index (χ2n) is 9.89. The molecule has 2 saturated heterocycles. The van der Waals surface area contributed by atoms with E-state index in [4.69, 9.17) is 27.9 Å². The van der Waals surface area contributed by atoms with Crippen molar-refractivity contribution in [2.24, 2.45) is 11.8 Å². The third-order valence-corrected chi connectivity index (χ3v) is 8.86. The topological polar surface area (TPSA) is 84.0 Å². The van der Waals surface area contributed by atoms with Crippen molar-refractivity contribution in [3.63, 3.8) is 0 Å². The molecule has 3 aromatic rings. The molecule has 0 aromatic heterocycles. The van der Waals surface area contributed by atoms with Gasteiger partial charge < -0.3 is 9.64 Å². The number of imide groups is 1. The lowest BCUT2D eigenvalue weighted by Crippen LogP contribution is -2.46. The maximum absolute atomic E-state index is 14.1. The Morgan fingerprint density at radius 2 is 1.63 bits per heavy atom. The average Bonchev–Trinajstić information content (AvgIpc) is 3.44. The zero-order chi connectivity index (χ0) is 29.0. The first-order valence-corrected chi connectivity index (χ1v) is 14.2. The number of allylic oxidation sites excluding steroid dienone is 2. The van der Waals surface area contributed by atoms with Gasteiger partial charge in [-0.05, 0) is 58.4 Å². The highest BCUT2D eigenvalue weighted by molar-refractivity contribution is 9.10. The number of benzene rings is 3. The molecule has 0 radical (unpaired) electrons. The molecule has 0 spiro atoms. The van der Waals surface area contributed by atoms with Gasteiger partial charge in [0.25, 0.3) is 0 Å². The van der Waals surface area contributed by atoms with Crippen LogP contribution in [0.3, 0.4) is 0 Å². The molecule has 6 rings (SSSR count). The first-order chi connectivity index (χ1) is 19.7. The van der Waals surface area contributed by atoms with Crippen LogP contribution in [0.4, 0.5) is 5.69 Å². The van der Waals surface area contributed by atoms with Gasteiger partial charge >= 0.3 is 0 Å². The Labute approximate surface area is 254 Å². The predicted octanol–water partition coefficient (Wildman–Crippen LogP) is 6.14. The van der Waals surface area contributed by atoms with Crippen molar-refractivity contribution < 1.29 is 23.9 Å². The molecule has 7 nitrogen and oxygen atoms in total. The minimum Gasteiger partial charge on any atom is -0.496 e. The number of hydrogen-bond donors (Lipinski definition) is 0. The highest BCUT2D eigenvalue weighted by atomic mass is 79.9. The van der Waals surface area contributed by atoms with Crippen molar-refractivity contribution in [2.75, 3.05) is 12.0 Å². The van der Waals surface area contributed by atoms with Crippen molar-refractivity contribution in [3.05, 3.63) is 116 Å². The number of carbonyl (C=O) groups is 4. The first kappa shape index (κ1) is 27.4. The first-order valence-electron chi connectivity index (χ1n) is 12.7. The molecule has 206 valence electrons. The number of ether oxygens (including phenoxy) is 1. The fourth-order valence-corrected chi connectivity index (χ4v) is 6.88. The van der Waals surface area contributed by atoms with Gasteiger partial charge in [-0.3, -0.25) is 19.2 Å². The van der Waals surface area contributed by atoms with Gasteiger partial charge in [-0.15, -0.1) is 0 Å². The number of fused-ring (bicyclic) bond motifs is 3. The maximum atomic E-state index is 14.1.